The van der Waals surface area contributed by atoms with Crippen LogP contribution >= 0.6 is 0 Å². The first-order valence-corrected chi connectivity index (χ1v) is 7.37. The summed E-state index contributed by atoms with van der Waals surface area (Å²) in [6, 6.07) is 8.23. The Morgan fingerprint density at radius 2 is 2.16 bits per heavy atom. The van der Waals surface area contributed by atoms with Crippen LogP contribution in [0.4, 0.5) is 5.69 Å². The molecular formula is C16H20N2O. The Morgan fingerprint density at radius 1 is 1.32 bits per heavy atom. The van der Waals surface area contributed by atoms with Gasteiger partial charge >= 0.3 is 0 Å². The topological polar surface area (TPSA) is 32.3 Å². The molecule has 3 heteroatoms. The van der Waals surface area contributed by atoms with E-state index in [0.717, 1.165) is 37.5 Å². The summed E-state index contributed by atoms with van der Waals surface area (Å²) < 4.78 is 0. The number of likely N-dealkylation sites (tertiary alicyclic amines) is 1. The van der Waals surface area contributed by atoms with E-state index >= 15 is 0 Å². The molecule has 2 fully saturated rings. The van der Waals surface area contributed by atoms with Crippen molar-refractivity contribution in [3.8, 4) is 0 Å². The minimum atomic E-state index is -0.163. The third kappa shape index (κ3) is 1.96. The highest BCUT2D eigenvalue weighted by atomic mass is 16.2. The molecule has 100 valence electrons. The number of benzene rings is 1. The molecule has 0 bridgehead atoms. The number of rotatable bonds is 2. The fourth-order valence-corrected chi connectivity index (χ4v) is 3.61. The number of nitrogens with one attached hydrogen (secondary N) is 1. The fraction of sp³-hybridized carbons (Fsp3) is 0.562. The monoisotopic (exact) mass is 256 g/mol. The lowest BCUT2D eigenvalue weighted by molar-refractivity contribution is -0.125. The van der Waals surface area contributed by atoms with E-state index in [1.54, 1.807) is 0 Å². The summed E-state index contributed by atoms with van der Waals surface area (Å²) in [5, 5.41) is 3.12. The molecule has 1 aromatic rings. The normalized spacial score (nSPS) is 30.4. The number of hydrogen-bond acceptors (Lipinski definition) is 2. The largest absolute Gasteiger partial charge is 0.325 e. The highest BCUT2D eigenvalue weighted by Crippen LogP contribution is 2.42. The van der Waals surface area contributed by atoms with Gasteiger partial charge in [-0.05, 0) is 49.8 Å². The molecular weight excluding hydrogens is 236 g/mol. The number of hydrogen-bond donors (Lipinski definition) is 1. The molecule has 19 heavy (non-hydrogen) atoms. The van der Waals surface area contributed by atoms with Gasteiger partial charge in [-0.2, -0.15) is 0 Å². The maximum atomic E-state index is 12.5. The summed E-state index contributed by atoms with van der Waals surface area (Å²) >= 11 is 0. The number of carbonyl (C=O) groups is 1. The van der Waals surface area contributed by atoms with Gasteiger partial charge in [-0.25, -0.2) is 0 Å². The first-order chi connectivity index (χ1) is 9.25. The van der Waals surface area contributed by atoms with Crippen LogP contribution in [-0.2, 0) is 11.2 Å². The van der Waals surface area contributed by atoms with Gasteiger partial charge in [-0.1, -0.05) is 18.2 Å². The van der Waals surface area contributed by atoms with Crippen molar-refractivity contribution < 1.29 is 4.79 Å². The molecule has 1 N–H and O–H groups in total. The summed E-state index contributed by atoms with van der Waals surface area (Å²) in [5.74, 6) is 1.15. The van der Waals surface area contributed by atoms with Gasteiger partial charge in [0, 0.05) is 18.8 Å². The summed E-state index contributed by atoms with van der Waals surface area (Å²) in [6.07, 6.45) is 4.70. The van der Waals surface area contributed by atoms with Crippen LogP contribution in [0.5, 0.6) is 0 Å². The van der Waals surface area contributed by atoms with Crippen molar-refractivity contribution >= 4 is 11.6 Å². The van der Waals surface area contributed by atoms with Gasteiger partial charge in [0.1, 0.15) is 0 Å². The molecule has 2 aliphatic heterocycles. The third-order valence-electron chi connectivity index (χ3n) is 4.92. The lowest BCUT2D eigenvalue weighted by Gasteiger charge is -2.33. The van der Waals surface area contributed by atoms with Crippen LogP contribution in [-0.4, -0.2) is 30.4 Å². The molecule has 0 aromatic heterocycles. The maximum absolute atomic E-state index is 12.5. The Hall–Kier alpha value is -1.35. The molecule has 0 radical (unpaired) electrons. The fourth-order valence-electron chi connectivity index (χ4n) is 3.61. The Morgan fingerprint density at radius 3 is 3.00 bits per heavy atom. The first kappa shape index (κ1) is 11.5. The highest BCUT2D eigenvalue weighted by Gasteiger charge is 2.47. The van der Waals surface area contributed by atoms with Gasteiger partial charge in [0.05, 0.1) is 5.41 Å². The Kier molecular flexibility index (Phi) is 2.46. The van der Waals surface area contributed by atoms with Gasteiger partial charge in [-0.3, -0.25) is 4.79 Å². The average Bonchev–Trinajstić information content (AvgIpc) is 3.12. The Balaban J connectivity index is 1.56. The Labute approximate surface area is 114 Å². The van der Waals surface area contributed by atoms with E-state index in [1.165, 1.54) is 24.9 Å². The zero-order chi connectivity index (χ0) is 12.9. The molecule has 1 amide bonds. The van der Waals surface area contributed by atoms with Crippen molar-refractivity contribution in [3.63, 3.8) is 0 Å². The molecule has 1 unspecified atom stereocenters. The number of para-hydroxylation sites is 1. The Bertz CT molecular complexity index is 523. The molecule has 2 heterocycles. The van der Waals surface area contributed by atoms with Crippen molar-refractivity contribution in [3.05, 3.63) is 29.8 Å². The van der Waals surface area contributed by atoms with Crippen LogP contribution in [0.25, 0.3) is 0 Å². The zero-order valence-electron chi connectivity index (χ0n) is 11.2. The van der Waals surface area contributed by atoms with Crippen LogP contribution in [0.15, 0.2) is 24.3 Å². The van der Waals surface area contributed by atoms with Crippen molar-refractivity contribution in [1.82, 2.24) is 4.90 Å². The second kappa shape index (κ2) is 4.07. The number of carbonyl (C=O) groups excluding carboxylic acids is 1. The van der Waals surface area contributed by atoms with Crippen LogP contribution in [0, 0.1) is 11.3 Å². The van der Waals surface area contributed by atoms with Crippen LogP contribution < -0.4 is 5.32 Å². The molecule has 3 nitrogen and oxygen atoms in total. The van der Waals surface area contributed by atoms with Gasteiger partial charge in [-0.15, -0.1) is 0 Å². The number of amides is 1. The maximum Gasteiger partial charge on any atom is 0.232 e. The number of nitrogens with zero attached hydrogens (tertiary/aromatic N) is 1. The van der Waals surface area contributed by atoms with E-state index in [0.29, 0.717) is 0 Å². The van der Waals surface area contributed by atoms with Crippen LogP contribution in [0.1, 0.15) is 24.8 Å². The van der Waals surface area contributed by atoms with Crippen molar-refractivity contribution in [1.29, 1.82) is 0 Å². The van der Waals surface area contributed by atoms with E-state index in [2.05, 4.69) is 22.3 Å². The van der Waals surface area contributed by atoms with Crippen molar-refractivity contribution in [2.24, 2.45) is 11.3 Å². The summed E-state index contributed by atoms with van der Waals surface area (Å²) in [6.45, 7) is 3.24. The molecule has 3 aliphatic rings. The predicted molar refractivity (Wildman–Crippen MR) is 75.0 cm³/mol. The number of fused-ring (bicyclic) bond motifs is 1. The molecule has 1 spiro atoms. The van der Waals surface area contributed by atoms with E-state index in [4.69, 9.17) is 0 Å². The lowest BCUT2D eigenvalue weighted by atomic mass is 9.77. The van der Waals surface area contributed by atoms with Crippen molar-refractivity contribution in [2.75, 3.05) is 25.0 Å². The molecule has 1 saturated heterocycles. The predicted octanol–water partition coefficient (Wildman–Crippen LogP) is 2.28. The molecule has 1 atom stereocenters. The minimum absolute atomic E-state index is 0.163. The summed E-state index contributed by atoms with van der Waals surface area (Å²) in [7, 11) is 0. The molecule has 1 aromatic carbocycles. The van der Waals surface area contributed by atoms with E-state index in [1.807, 2.05) is 12.1 Å². The SMILES string of the molecule is O=C1Nc2ccccc2CC12CCN(CC1CC1)C2. The van der Waals surface area contributed by atoms with Gasteiger partial charge in [0.15, 0.2) is 0 Å². The molecule has 1 saturated carbocycles. The van der Waals surface area contributed by atoms with Crippen molar-refractivity contribution in [2.45, 2.75) is 25.7 Å². The second-order valence-corrected chi connectivity index (χ2v) is 6.50. The summed E-state index contributed by atoms with van der Waals surface area (Å²) in [4.78, 5) is 15.0. The van der Waals surface area contributed by atoms with Gasteiger partial charge in [0.2, 0.25) is 5.91 Å². The zero-order valence-corrected chi connectivity index (χ0v) is 11.2. The second-order valence-electron chi connectivity index (χ2n) is 6.50. The standard InChI is InChI=1S/C16H20N2O/c19-15-16(7-8-18(11-16)10-12-5-6-12)9-13-3-1-2-4-14(13)17-15/h1-4,12H,5-11H2,(H,17,19). The van der Waals surface area contributed by atoms with Crippen LogP contribution in [0.2, 0.25) is 0 Å². The number of anilines is 1. The van der Waals surface area contributed by atoms with E-state index in [-0.39, 0.29) is 11.3 Å². The third-order valence-corrected chi connectivity index (χ3v) is 4.92. The minimum Gasteiger partial charge on any atom is -0.325 e. The molecule has 4 rings (SSSR count). The van der Waals surface area contributed by atoms with E-state index in [9.17, 15) is 4.79 Å². The average molecular weight is 256 g/mol. The van der Waals surface area contributed by atoms with Gasteiger partial charge in [0.25, 0.3) is 0 Å². The molecule has 1 aliphatic carbocycles. The quantitative estimate of drug-likeness (QED) is 0.880. The van der Waals surface area contributed by atoms with Crippen LogP contribution in [0.3, 0.4) is 0 Å². The lowest BCUT2D eigenvalue weighted by Crippen LogP contribution is -2.44. The smallest absolute Gasteiger partial charge is 0.232 e. The van der Waals surface area contributed by atoms with Gasteiger partial charge < -0.3 is 10.2 Å². The highest BCUT2D eigenvalue weighted by molar-refractivity contribution is 5.98. The summed E-state index contributed by atoms with van der Waals surface area (Å²) in [5.41, 5.74) is 2.15. The first-order valence-electron chi connectivity index (χ1n) is 7.37. The van der Waals surface area contributed by atoms with E-state index < -0.39 is 0 Å².